The largest absolute Gasteiger partial charge is 0.508 e. The van der Waals surface area contributed by atoms with E-state index in [9.17, 15) is 5.11 Å². The van der Waals surface area contributed by atoms with Gasteiger partial charge in [-0.15, -0.1) is 0 Å². The molecule has 0 atom stereocenters. The fraction of sp³-hybridized carbons (Fsp3) is 0.333. The van der Waals surface area contributed by atoms with Crippen LogP contribution in [0.3, 0.4) is 0 Å². The van der Waals surface area contributed by atoms with Gasteiger partial charge in [-0.2, -0.15) is 0 Å². The Morgan fingerprint density at radius 1 is 1.33 bits per heavy atom. The van der Waals surface area contributed by atoms with Crippen LogP contribution in [0.25, 0.3) is 0 Å². The Morgan fingerprint density at radius 2 is 2.17 bits per heavy atom. The summed E-state index contributed by atoms with van der Waals surface area (Å²) in [6.07, 6.45) is 1.03. The molecule has 0 aromatic heterocycles. The highest BCUT2D eigenvalue weighted by atomic mass is 32.1. The lowest BCUT2D eigenvalue weighted by Crippen LogP contribution is -2.21. The third-order valence-electron chi connectivity index (χ3n) is 2.18. The maximum absolute atomic E-state index is 9.23. The second-order valence-electron chi connectivity index (χ2n) is 3.09. The Kier molecular flexibility index (Phi) is 1.98. The highest BCUT2D eigenvalue weighted by molar-refractivity contribution is 7.77. The first-order chi connectivity index (χ1) is 5.75. The average Bonchev–Trinajstić information content (AvgIpc) is 2.03. The molecule has 0 saturated heterocycles. The summed E-state index contributed by atoms with van der Waals surface area (Å²) in [7, 11) is 0. The van der Waals surface area contributed by atoms with E-state index in [1.807, 2.05) is 16.4 Å². The minimum Gasteiger partial charge on any atom is -0.508 e. The van der Waals surface area contributed by atoms with Gasteiger partial charge in [0.1, 0.15) is 5.75 Å². The molecule has 1 heterocycles. The number of benzene rings is 1. The SMILES string of the molecule is Oc1ccc2c(c1)CN(S)CC2. The van der Waals surface area contributed by atoms with E-state index in [0.29, 0.717) is 5.75 Å². The summed E-state index contributed by atoms with van der Waals surface area (Å²) in [5.74, 6) is 0.345. The van der Waals surface area contributed by atoms with Crippen molar-refractivity contribution in [2.24, 2.45) is 0 Å². The van der Waals surface area contributed by atoms with Gasteiger partial charge in [0, 0.05) is 13.1 Å². The van der Waals surface area contributed by atoms with E-state index in [-0.39, 0.29) is 0 Å². The van der Waals surface area contributed by atoms with E-state index in [0.717, 1.165) is 19.5 Å². The molecule has 2 nitrogen and oxygen atoms in total. The zero-order valence-electron chi connectivity index (χ0n) is 6.70. The predicted molar refractivity (Wildman–Crippen MR) is 51.2 cm³/mol. The third-order valence-corrected chi connectivity index (χ3v) is 2.52. The maximum Gasteiger partial charge on any atom is 0.115 e. The van der Waals surface area contributed by atoms with E-state index in [2.05, 4.69) is 12.8 Å². The van der Waals surface area contributed by atoms with Crippen molar-refractivity contribution < 1.29 is 5.11 Å². The number of fused-ring (bicyclic) bond motifs is 1. The zero-order valence-corrected chi connectivity index (χ0v) is 7.59. The number of phenols is 1. The van der Waals surface area contributed by atoms with Crippen molar-refractivity contribution in [1.82, 2.24) is 4.31 Å². The molecule has 2 rings (SSSR count). The summed E-state index contributed by atoms with van der Waals surface area (Å²) in [6, 6.07) is 5.55. The Labute approximate surface area is 77.4 Å². The Hall–Kier alpha value is -0.670. The van der Waals surface area contributed by atoms with Crippen LogP contribution in [-0.2, 0) is 13.0 Å². The van der Waals surface area contributed by atoms with Gasteiger partial charge in [-0.3, -0.25) is 0 Å². The summed E-state index contributed by atoms with van der Waals surface area (Å²) in [6.45, 7) is 1.81. The molecule has 0 fully saturated rings. The van der Waals surface area contributed by atoms with Gasteiger partial charge in [-0.05, 0) is 29.7 Å². The van der Waals surface area contributed by atoms with Gasteiger partial charge >= 0.3 is 0 Å². The van der Waals surface area contributed by atoms with Crippen LogP contribution in [0.2, 0.25) is 0 Å². The smallest absolute Gasteiger partial charge is 0.115 e. The Balaban J connectivity index is 2.37. The zero-order chi connectivity index (χ0) is 8.55. The van der Waals surface area contributed by atoms with Crippen LogP contribution < -0.4 is 0 Å². The third kappa shape index (κ3) is 1.42. The van der Waals surface area contributed by atoms with E-state index in [1.54, 1.807) is 6.07 Å². The molecule has 0 spiro atoms. The molecule has 0 aliphatic carbocycles. The lowest BCUT2D eigenvalue weighted by Gasteiger charge is -2.23. The number of thiol groups is 1. The molecule has 3 heteroatoms. The van der Waals surface area contributed by atoms with Gasteiger partial charge < -0.3 is 5.11 Å². The molecule has 0 unspecified atom stereocenters. The Morgan fingerprint density at radius 3 is 3.00 bits per heavy atom. The molecule has 1 aliphatic heterocycles. The number of hydrogen-bond donors (Lipinski definition) is 2. The average molecular weight is 181 g/mol. The number of hydrogen-bond acceptors (Lipinski definition) is 3. The van der Waals surface area contributed by atoms with Gasteiger partial charge in [0.15, 0.2) is 0 Å². The van der Waals surface area contributed by atoms with E-state index in [1.165, 1.54) is 11.1 Å². The van der Waals surface area contributed by atoms with Crippen LogP contribution in [0.5, 0.6) is 5.75 Å². The van der Waals surface area contributed by atoms with Gasteiger partial charge in [-0.1, -0.05) is 18.9 Å². The molecule has 0 radical (unpaired) electrons. The summed E-state index contributed by atoms with van der Waals surface area (Å²) < 4.78 is 1.96. The van der Waals surface area contributed by atoms with Crippen molar-refractivity contribution in [3.05, 3.63) is 29.3 Å². The summed E-state index contributed by atoms with van der Waals surface area (Å²) >= 11 is 4.27. The number of phenolic OH excluding ortho intramolecular Hbond substituents is 1. The standard InChI is InChI=1S/C9H11NOS/c11-9-2-1-7-3-4-10(12)6-8(7)5-9/h1-2,5,11-12H,3-4,6H2. The van der Waals surface area contributed by atoms with Crippen molar-refractivity contribution in [3.63, 3.8) is 0 Å². The first-order valence-corrected chi connectivity index (χ1v) is 4.40. The second-order valence-corrected chi connectivity index (χ2v) is 3.66. The van der Waals surface area contributed by atoms with Crippen molar-refractivity contribution in [2.45, 2.75) is 13.0 Å². The molecule has 1 aromatic rings. The Bertz CT molecular complexity index is 301. The monoisotopic (exact) mass is 181 g/mol. The van der Waals surface area contributed by atoms with Gasteiger partial charge in [0.2, 0.25) is 0 Å². The fourth-order valence-electron chi connectivity index (χ4n) is 1.53. The normalized spacial score (nSPS) is 17.4. The van der Waals surface area contributed by atoms with Crippen molar-refractivity contribution in [3.8, 4) is 5.75 Å². The second kappa shape index (κ2) is 2.99. The van der Waals surface area contributed by atoms with E-state index in [4.69, 9.17) is 0 Å². The van der Waals surface area contributed by atoms with Crippen LogP contribution in [0, 0.1) is 0 Å². The molecule has 0 amide bonds. The fourth-order valence-corrected chi connectivity index (χ4v) is 1.78. The molecular formula is C9H11NOS. The summed E-state index contributed by atoms with van der Waals surface area (Å²) in [5.41, 5.74) is 2.52. The highest BCUT2D eigenvalue weighted by Gasteiger charge is 2.13. The molecular weight excluding hydrogens is 170 g/mol. The van der Waals surface area contributed by atoms with E-state index >= 15 is 0 Å². The summed E-state index contributed by atoms with van der Waals surface area (Å²) in [4.78, 5) is 0. The number of rotatable bonds is 0. The predicted octanol–water partition coefficient (Wildman–Crippen LogP) is 1.60. The topological polar surface area (TPSA) is 23.5 Å². The van der Waals surface area contributed by atoms with Crippen LogP contribution in [0.15, 0.2) is 18.2 Å². The van der Waals surface area contributed by atoms with Crippen LogP contribution >= 0.6 is 12.8 Å². The first-order valence-electron chi connectivity index (χ1n) is 4.00. The van der Waals surface area contributed by atoms with Gasteiger partial charge in [0.05, 0.1) is 0 Å². The summed E-state index contributed by atoms with van der Waals surface area (Å²) in [5, 5.41) is 9.23. The van der Waals surface area contributed by atoms with Crippen LogP contribution in [0.1, 0.15) is 11.1 Å². The minimum absolute atomic E-state index is 0.345. The molecule has 0 saturated carbocycles. The quantitative estimate of drug-likeness (QED) is 0.594. The van der Waals surface area contributed by atoms with E-state index < -0.39 is 0 Å². The molecule has 1 N–H and O–H groups in total. The van der Waals surface area contributed by atoms with Crippen molar-refractivity contribution in [1.29, 1.82) is 0 Å². The number of nitrogens with zero attached hydrogens (tertiary/aromatic N) is 1. The number of aromatic hydroxyl groups is 1. The van der Waals surface area contributed by atoms with Crippen molar-refractivity contribution in [2.75, 3.05) is 6.54 Å². The van der Waals surface area contributed by atoms with Crippen molar-refractivity contribution >= 4 is 12.8 Å². The van der Waals surface area contributed by atoms with Crippen LogP contribution in [-0.4, -0.2) is 16.0 Å². The molecule has 1 aromatic carbocycles. The lowest BCUT2D eigenvalue weighted by molar-refractivity contribution is 0.441. The minimum atomic E-state index is 0.345. The molecule has 64 valence electrons. The van der Waals surface area contributed by atoms with Crippen LogP contribution in [0.4, 0.5) is 0 Å². The molecule has 1 aliphatic rings. The maximum atomic E-state index is 9.23. The highest BCUT2D eigenvalue weighted by Crippen LogP contribution is 2.23. The van der Waals surface area contributed by atoms with Gasteiger partial charge in [-0.25, -0.2) is 4.31 Å². The molecule has 0 bridgehead atoms. The van der Waals surface area contributed by atoms with Gasteiger partial charge in [0.25, 0.3) is 0 Å². The molecule has 12 heavy (non-hydrogen) atoms. The first kappa shape index (κ1) is 7.95. The lowest BCUT2D eigenvalue weighted by atomic mass is 10.0.